The summed E-state index contributed by atoms with van der Waals surface area (Å²) in [5.41, 5.74) is 7.04. The molecule has 0 fully saturated rings. The van der Waals surface area contributed by atoms with Crippen LogP contribution in [-0.2, 0) is 6.54 Å². The number of aryl methyl sites for hydroxylation is 1. The zero-order chi connectivity index (χ0) is 7.56. The normalized spacial score (nSPS) is 9.80. The maximum Gasteiger partial charge on any atom is 0.122 e. The molecule has 0 radical (unpaired) electrons. The van der Waals surface area contributed by atoms with E-state index in [0.717, 1.165) is 11.1 Å². The van der Waals surface area contributed by atoms with Gasteiger partial charge in [0.15, 0.2) is 0 Å². The smallest absolute Gasteiger partial charge is 0.122 e. The van der Waals surface area contributed by atoms with Crippen LogP contribution >= 0.6 is 0 Å². The Kier molecular flexibility index (Phi) is 1.92. The lowest BCUT2D eigenvalue weighted by Gasteiger charge is -2.02. The summed E-state index contributed by atoms with van der Waals surface area (Å²) < 4.78 is 0. The van der Waals surface area contributed by atoms with Crippen molar-refractivity contribution in [1.29, 1.82) is 0 Å². The number of phenolic OH excluding ortho intramolecular Hbond substituents is 1. The number of nitrogens with two attached hydrogens (primary N) is 1. The van der Waals surface area contributed by atoms with Gasteiger partial charge in [0, 0.05) is 12.1 Å². The highest BCUT2D eigenvalue weighted by Crippen LogP contribution is 2.19. The Morgan fingerprint density at radius 3 is 2.70 bits per heavy atom. The molecule has 0 bridgehead atoms. The van der Waals surface area contributed by atoms with Gasteiger partial charge in [-0.25, -0.2) is 0 Å². The number of hydrogen-bond acceptors (Lipinski definition) is 2. The van der Waals surface area contributed by atoms with E-state index in [9.17, 15) is 5.11 Å². The van der Waals surface area contributed by atoms with Crippen molar-refractivity contribution < 1.29 is 5.11 Å². The Morgan fingerprint density at radius 1 is 1.50 bits per heavy atom. The summed E-state index contributed by atoms with van der Waals surface area (Å²) in [5, 5.41) is 9.32. The van der Waals surface area contributed by atoms with Gasteiger partial charge in [0.05, 0.1) is 0 Å². The molecular weight excluding hydrogens is 126 g/mol. The topological polar surface area (TPSA) is 46.2 Å². The van der Waals surface area contributed by atoms with E-state index in [-0.39, 0.29) is 0 Å². The van der Waals surface area contributed by atoms with Gasteiger partial charge in [0.25, 0.3) is 0 Å². The van der Waals surface area contributed by atoms with Crippen LogP contribution in [-0.4, -0.2) is 5.11 Å². The quantitative estimate of drug-likeness (QED) is 0.610. The maximum absolute atomic E-state index is 9.32. The Bertz CT molecular complexity index is 233. The summed E-state index contributed by atoms with van der Waals surface area (Å²) in [7, 11) is 0. The second-order valence-electron chi connectivity index (χ2n) is 2.29. The summed E-state index contributed by atoms with van der Waals surface area (Å²) in [6.07, 6.45) is 0. The third-order valence-corrected chi connectivity index (χ3v) is 1.54. The van der Waals surface area contributed by atoms with E-state index in [4.69, 9.17) is 5.73 Å². The molecule has 1 aromatic rings. The lowest BCUT2D eigenvalue weighted by Crippen LogP contribution is -1.96. The molecule has 0 saturated carbocycles. The van der Waals surface area contributed by atoms with Crippen molar-refractivity contribution in [3.63, 3.8) is 0 Å². The van der Waals surface area contributed by atoms with Gasteiger partial charge >= 0.3 is 0 Å². The summed E-state index contributed by atoms with van der Waals surface area (Å²) in [6.45, 7) is 2.25. The molecule has 0 heterocycles. The molecule has 0 unspecified atom stereocenters. The molecule has 1 aromatic carbocycles. The van der Waals surface area contributed by atoms with E-state index in [1.165, 1.54) is 0 Å². The van der Waals surface area contributed by atoms with Gasteiger partial charge in [-0.05, 0) is 12.5 Å². The maximum atomic E-state index is 9.32. The van der Waals surface area contributed by atoms with Gasteiger partial charge in [-0.3, -0.25) is 0 Å². The third kappa shape index (κ3) is 1.11. The van der Waals surface area contributed by atoms with Crippen molar-refractivity contribution in [2.45, 2.75) is 13.5 Å². The van der Waals surface area contributed by atoms with E-state index in [1.54, 1.807) is 0 Å². The monoisotopic (exact) mass is 137 g/mol. The average Bonchev–Trinajstić information content (AvgIpc) is 1.95. The highest BCUT2D eigenvalue weighted by molar-refractivity contribution is 5.38. The fourth-order valence-corrected chi connectivity index (χ4v) is 0.884. The van der Waals surface area contributed by atoms with Crippen LogP contribution in [0.5, 0.6) is 5.75 Å². The first-order valence-corrected chi connectivity index (χ1v) is 3.23. The SMILES string of the molecule is Cc1cccc(CN)c1O. The van der Waals surface area contributed by atoms with Gasteiger partial charge in [-0.2, -0.15) is 0 Å². The fourth-order valence-electron chi connectivity index (χ4n) is 0.884. The molecule has 0 atom stereocenters. The van der Waals surface area contributed by atoms with Gasteiger partial charge in [0.2, 0.25) is 0 Å². The van der Waals surface area contributed by atoms with Crippen molar-refractivity contribution in [2.75, 3.05) is 0 Å². The third-order valence-electron chi connectivity index (χ3n) is 1.54. The first-order chi connectivity index (χ1) is 4.75. The number of rotatable bonds is 1. The Morgan fingerprint density at radius 2 is 2.20 bits per heavy atom. The molecule has 2 nitrogen and oxygen atoms in total. The lowest BCUT2D eigenvalue weighted by molar-refractivity contribution is 0.464. The molecule has 54 valence electrons. The van der Waals surface area contributed by atoms with Crippen molar-refractivity contribution in [2.24, 2.45) is 5.73 Å². The van der Waals surface area contributed by atoms with E-state index >= 15 is 0 Å². The van der Waals surface area contributed by atoms with E-state index in [0.29, 0.717) is 12.3 Å². The van der Waals surface area contributed by atoms with Crippen molar-refractivity contribution in [3.05, 3.63) is 29.3 Å². The van der Waals surface area contributed by atoms with E-state index < -0.39 is 0 Å². The van der Waals surface area contributed by atoms with Crippen LogP contribution in [0.25, 0.3) is 0 Å². The molecule has 0 aliphatic rings. The zero-order valence-corrected chi connectivity index (χ0v) is 5.96. The van der Waals surface area contributed by atoms with Gasteiger partial charge in [0.1, 0.15) is 5.75 Å². The predicted octanol–water partition coefficient (Wildman–Crippen LogP) is 1.16. The second kappa shape index (κ2) is 2.71. The number of para-hydroxylation sites is 1. The molecule has 2 heteroatoms. The van der Waals surface area contributed by atoms with E-state index in [1.807, 2.05) is 25.1 Å². The summed E-state index contributed by atoms with van der Waals surface area (Å²) in [5.74, 6) is 0.324. The number of hydrogen-bond donors (Lipinski definition) is 2. The minimum atomic E-state index is 0.324. The second-order valence-corrected chi connectivity index (χ2v) is 2.29. The largest absolute Gasteiger partial charge is 0.507 e. The van der Waals surface area contributed by atoms with Crippen molar-refractivity contribution in [3.8, 4) is 5.75 Å². The minimum Gasteiger partial charge on any atom is -0.507 e. The predicted molar refractivity (Wildman–Crippen MR) is 40.7 cm³/mol. The minimum absolute atomic E-state index is 0.324. The van der Waals surface area contributed by atoms with Gasteiger partial charge in [-0.15, -0.1) is 0 Å². The van der Waals surface area contributed by atoms with Crippen LogP contribution in [0.2, 0.25) is 0 Å². The highest BCUT2D eigenvalue weighted by atomic mass is 16.3. The van der Waals surface area contributed by atoms with Crippen LogP contribution in [0, 0.1) is 6.92 Å². The molecule has 10 heavy (non-hydrogen) atoms. The average molecular weight is 137 g/mol. The molecule has 0 aliphatic carbocycles. The summed E-state index contributed by atoms with van der Waals surface area (Å²) in [6, 6.07) is 5.56. The van der Waals surface area contributed by atoms with Crippen molar-refractivity contribution in [1.82, 2.24) is 0 Å². The molecule has 0 saturated heterocycles. The Labute approximate surface area is 60.3 Å². The van der Waals surface area contributed by atoms with Crippen LogP contribution < -0.4 is 5.73 Å². The van der Waals surface area contributed by atoms with Crippen LogP contribution in [0.4, 0.5) is 0 Å². The summed E-state index contributed by atoms with van der Waals surface area (Å²) >= 11 is 0. The number of aromatic hydroxyl groups is 1. The summed E-state index contributed by atoms with van der Waals surface area (Å²) in [4.78, 5) is 0. The zero-order valence-electron chi connectivity index (χ0n) is 5.96. The van der Waals surface area contributed by atoms with Gasteiger partial charge in [-0.1, -0.05) is 18.2 Å². The highest BCUT2D eigenvalue weighted by Gasteiger charge is 1.99. The van der Waals surface area contributed by atoms with E-state index in [2.05, 4.69) is 0 Å². The van der Waals surface area contributed by atoms with Crippen LogP contribution in [0.1, 0.15) is 11.1 Å². The van der Waals surface area contributed by atoms with Crippen LogP contribution in [0.15, 0.2) is 18.2 Å². The van der Waals surface area contributed by atoms with Gasteiger partial charge < -0.3 is 10.8 Å². The first kappa shape index (κ1) is 7.09. The standard InChI is InChI=1S/C8H11NO/c1-6-3-2-4-7(5-9)8(6)10/h2-4,10H,5,9H2,1H3. The molecule has 3 N–H and O–H groups in total. The molecule has 0 aromatic heterocycles. The fraction of sp³-hybridized carbons (Fsp3) is 0.250. The molecule has 0 amide bonds. The number of benzene rings is 1. The lowest BCUT2D eigenvalue weighted by atomic mass is 10.1. The van der Waals surface area contributed by atoms with Crippen molar-refractivity contribution >= 4 is 0 Å². The molecule has 0 spiro atoms. The molecular formula is C8H11NO. The number of phenols is 1. The van der Waals surface area contributed by atoms with Crippen LogP contribution in [0.3, 0.4) is 0 Å². The Hall–Kier alpha value is -1.02. The first-order valence-electron chi connectivity index (χ1n) is 3.23. The molecule has 0 aliphatic heterocycles. The Balaban J connectivity index is 3.14. The molecule has 1 rings (SSSR count).